The molecule has 0 rings (SSSR count). The second kappa shape index (κ2) is 9.01. The molecule has 0 saturated heterocycles. The van der Waals surface area contributed by atoms with Gasteiger partial charge in [-0.1, -0.05) is 6.92 Å². The topological polar surface area (TPSA) is 26.3 Å². The molecule has 0 atom stereocenters. The summed E-state index contributed by atoms with van der Waals surface area (Å²) in [4.78, 5) is 10.6. The summed E-state index contributed by atoms with van der Waals surface area (Å²) in [5, 5.41) is 0. The van der Waals surface area contributed by atoms with Crippen molar-refractivity contribution in [2.45, 2.75) is 39.7 Å². The first-order valence-electron chi connectivity index (χ1n) is 5.17. The molecule has 0 aliphatic heterocycles. The van der Waals surface area contributed by atoms with E-state index in [0.717, 1.165) is 0 Å². The second-order valence-corrected chi connectivity index (χ2v) is 4.29. The van der Waals surface area contributed by atoms with E-state index in [9.17, 15) is 4.79 Å². The molecule has 0 spiro atoms. The van der Waals surface area contributed by atoms with Gasteiger partial charge in [-0.15, -0.1) is 0 Å². The Morgan fingerprint density at radius 3 is 1.81 bits per heavy atom. The molecule has 0 aromatic heterocycles. The molecule has 0 aliphatic rings. The van der Waals surface area contributed by atoms with Crippen molar-refractivity contribution in [2.24, 2.45) is 0 Å². The summed E-state index contributed by atoms with van der Waals surface area (Å²) in [6.07, 6.45) is -0.470. The third-order valence-corrected chi connectivity index (χ3v) is 1.38. The summed E-state index contributed by atoms with van der Waals surface area (Å²) < 4.78 is 4.95. The first kappa shape index (κ1) is 18.3. The summed E-state index contributed by atoms with van der Waals surface area (Å²) in [5.41, 5.74) is -0.326. The van der Waals surface area contributed by atoms with Gasteiger partial charge in [0.25, 0.3) is 0 Å². The zero-order valence-electron chi connectivity index (χ0n) is 10.6. The molecule has 16 heavy (non-hydrogen) atoms. The lowest BCUT2D eigenvalue weighted by Crippen LogP contribution is -2.43. The fourth-order valence-electron chi connectivity index (χ4n) is 0.542. The van der Waals surface area contributed by atoms with E-state index in [1.165, 1.54) is 7.06 Å². The Balaban J connectivity index is 0. The van der Waals surface area contributed by atoms with Crippen LogP contribution in [0.2, 0.25) is 0 Å². The van der Waals surface area contributed by atoms with Crippen LogP contribution in [0, 0.1) is 0 Å². The summed E-state index contributed by atoms with van der Waals surface area (Å²) >= 11 is 0. The van der Waals surface area contributed by atoms with Crippen LogP contribution in [0.25, 0.3) is 0 Å². The van der Waals surface area contributed by atoms with Crippen LogP contribution < -0.4 is 0 Å². The minimum absolute atomic E-state index is 0.137. The summed E-state index contributed by atoms with van der Waals surface area (Å²) in [5.74, 6) is -0.137. The Labute approximate surface area is 106 Å². The Morgan fingerprint density at radius 1 is 1.31 bits per heavy atom. The maximum absolute atomic E-state index is 10.6. The first-order valence-corrected chi connectivity index (χ1v) is 5.17. The van der Waals surface area contributed by atoms with E-state index >= 15 is 0 Å². The largest absolute Gasteiger partial charge is 0.460 e. The highest BCUT2D eigenvalue weighted by molar-refractivity contribution is 7.81. The van der Waals surface area contributed by atoms with Crippen LogP contribution in [-0.2, 0) is 9.53 Å². The van der Waals surface area contributed by atoms with E-state index in [4.69, 9.17) is 35.7 Å². The Kier molecular flexibility index (Phi) is 10.3. The molecule has 75 valence electrons. The van der Waals surface area contributed by atoms with Crippen molar-refractivity contribution < 1.29 is 9.53 Å². The van der Waals surface area contributed by atoms with E-state index < -0.39 is 6.39 Å². The maximum Gasteiger partial charge on any atom is 0.306 e. The standard InChI is InChI=1S/C7H14O2.B7/c1-5-6(8)9-7(2,3)4;1-5-7(4)6(2)3/h5H2,1-4H3;. The van der Waals surface area contributed by atoms with Crippen LogP contribution in [0.15, 0.2) is 0 Å². The number of esters is 1. The Hall–Kier alpha value is -0.0755. The average molecular weight is 206 g/mol. The van der Waals surface area contributed by atoms with Crippen LogP contribution in [0.5, 0.6) is 0 Å². The van der Waals surface area contributed by atoms with Crippen molar-refractivity contribution in [1.82, 2.24) is 0 Å². The number of carbonyl (C=O) groups is 1. The molecule has 0 saturated carbocycles. The van der Waals surface area contributed by atoms with E-state index in [2.05, 4.69) is 0 Å². The second-order valence-electron chi connectivity index (χ2n) is 4.29. The predicted octanol–water partition coefficient (Wildman–Crippen LogP) is -0.927. The number of hydrogen-bond acceptors (Lipinski definition) is 2. The van der Waals surface area contributed by atoms with Gasteiger partial charge in [0.15, 0.2) is 0 Å². The predicted molar refractivity (Wildman–Crippen MR) is 76.4 cm³/mol. The molecule has 0 aromatic rings. The minimum atomic E-state index is -0.537. The molecule has 0 aliphatic carbocycles. The van der Waals surface area contributed by atoms with Crippen molar-refractivity contribution >= 4 is 56.7 Å². The van der Waals surface area contributed by atoms with Crippen LogP contribution in [0.1, 0.15) is 34.1 Å². The molecule has 0 fully saturated rings. The maximum atomic E-state index is 10.6. The molecule has 0 bridgehead atoms. The minimum Gasteiger partial charge on any atom is -0.460 e. The van der Waals surface area contributed by atoms with Gasteiger partial charge in [0, 0.05) is 57.2 Å². The fraction of sp³-hybridized carbons (Fsp3) is 0.857. The first-order chi connectivity index (χ1) is 7.14. The lowest BCUT2D eigenvalue weighted by molar-refractivity contribution is -0.154. The zero-order valence-corrected chi connectivity index (χ0v) is 10.6. The molecule has 0 aromatic carbocycles. The van der Waals surface area contributed by atoms with Crippen LogP contribution in [0.3, 0.4) is 0 Å². The SMILES string of the molecule is CCC(=O)OC(C)(C)C.[B][B]B([B])B([B])[B]. The van der Waals surface area contributed by atoms with Crippen molar-refractivity contribution in [2.75, 3.05) is 0 Å². The van der Waals surface area contributed by atoms with Crippen molar-refractivity contribution in [3.05, 3.63) is 0 Å². The Bertz CT molecular complexity index is 192. The molecule has 0 heterocycles. The zero-order chi connectivity index (χ0) is 13.4. The fourth-order valence-corrected chi connectivity index (χ4v) is 0.542. The lowest BCUT2D eigenvalue weighted by Gasteiger charge is -2.18. The third kappa shape index (κ3) is 13.9. The lowest BCUT2D eigenvalue weighted by atomic mass is 8.76. The average Bonchev–Trinajstić information content (AvgIpc) is 2.14. The molecular weight excluding hydrogens is 192 g/mol. The van der Waals surface area contributed by atoms with Gasteiger partial charge in [-0.05, 0) is 20.8 Å². The van der Waals surface area contributed by atoms with Crippen molar-refractivity contribution in [3.63, 3.8) is 0 Å². The van der Waals surface area contributed by atoms with E-state index in [-0.39, 0.29) is 18.0 Å². The van der Waals surface area contributed by atoms with Gasteiger partial charge in [-0.2, -0.15) is 0 Å². The van der Waals surface area contributed by atoms with E-state index in [1.807, 2.05) is 20.8 Å². The molecule has 9 radical (unpaired) electrons. The quantitative estimate of drug-likeness (QED) is 0.440. The summed E-state index contributed by atoms with van der Waals surface area (Å²) in [6, 6.07) is 0. The van der Waals surface area contributed by atoms with E-state index in [0.29, 0.717) is 6.42 Å². The molecule has 0 amide bonds. The normalized spacial score (nSPS) is 9.50. The summed E-state index contributed by atoms with van der Waals surface area (Å²) in [7, 11) is 21.6. The van der Waals surface area contributed by atoms with Crippen molar-refractivity contribution in [3.8, 4) is 0 Å². The number of ether oxygens (including phenoxy) is 1. The van der Waals surface area contributed by atoms with Gasteiger partial charge in [-0.3, -0.25) is 4.79 Å². The number of rotatable bonds is 3. The van der Waals surface area contributed by atoms with Gasteiger partial charge in [0.1, 0.15) is 5.60 Å². The van der Waals surface area contributed by atoms with Crippen LogP contribution >= 0.6 is 0 Å². The highest BCUT2D eigenvalue weighted by Crippen LogP contribution is 2.07. The highest BCUT2D eigenvalue weighted by Gasteiger charge is 2.13. The van der Waals surface area contributed by atoms with Gasteiger partial charge in [0.05, 0.1) is 0 Å². The summed E-state index contributed by atoms with van der Waals surface area (Å²) in [6.45, 7) is 7.37. The van der Waals surface area contributed by atoms with Gasteiger partial charge in [0.2, 0.25) is 0 Å². The van der Waals surface area contributed by atoms with Crippen molar-refractivity contribution in [1.29, 1.82) is 0 Å². The van der Waals surface area contributed by atoms with Gasteiger partial charge < -0.3 is 4.74 Å². The molecule has 9 heteroatoms. The molecule has 0 N–H and O–H groups in total. The smallest absolute Gasteiger partial charge is 0.306 e. The van der Waals surface area contributed by atoms with E-state index in [1.54, 1.807) is 6.92 Å². The third-order valence-electron chi connectivity index (χ3n) is 1.38. The molecular formula is C7H14B7O2. The molecule has 2 nitrogen and oxygen atoms in total. The van der Waals surface area contributed by atoms with Crippen LogP contribution in [0.4, 0.5) is 0 Å². The number of carbonyl (C=O) groups excluding carboxylic acids is 1. The van der Waals surface area contributed by atoms with Gasteiger partial charge >= 0.3 is 5.97 Å². The molecule has 0 unspecified atom stereocenters. The monoisotopic (exact) mass is 207 g/mol. The number of hydrogen-bond donors (Lipinski definition) is 0. The highest BCUT2D eigenvalue weighted by atomic mass is 16.6. The van der Waals surface area contributed by atoms with Crippen LogP contribution in [-0.4, -0.2) is 62.3 Å². The van der Waals surface area contributed by atoms with Gasteiger partial charge in [-0.25, -0.2) is 0 Å². The Morgan fingerprint density at radius 2 is 1.75 bits per heavy atom.